The number of carbonyl (C=O) groups excluding carboxylic acids is 1. The standard InChI is InChI=1S/C13H14ClN3O2S/c14-12-4-3-11(20-12)13(18)16-9-6-15-17(7-9)8-10-2-1-5-19-10/h3-4,6-7,10H,1-2,5,8H2,(H,16,18). The second-order valence-corrected chi connectivity index (χ2v) is 6.36. The summed E-state index contributed by atoms with van der Waals surface area (Å²) < 4.78 is 7.96. The molecule has 1 atom stereocenters. The summed E-state index contributed by atoms with van der Waals surface area (Å²) in [6.45, 7) is 1.55. The lowest BCUT2D eigenvalue weighted by atomic mass is 10.2. The van der Waals surface area contributed by atoms with Crippen LogP contribution in [0, 0.1) is 0 Å². The summed E-state index contributed by atoms with van der Waals surface area (Å²) in [4.78, 5) is 12.5. The third-order valence-corrected chi connectivity index (χ3v) is 4.33. The Balaban J connectivity index is 1.60. The number of rotatable bonds is 4. The highest BCUT2D eigenvalue weighted by Gasteiger charge is 2.17. The van der Waals surface area contributed by atoms with E-state index in [1.807, 2.05) is 6.20 Å². The van der Waals surface area contributed by atoms with E-state index in [1.54, 1.807) is 23.0 Å². The maximum atomic E-state index is 12.0. The molecule has 7 heteroatoms. The van der Waals surface area contributed by atoms with E-state index in [0.717, 1.165) is 26.0 Å². The summed E-state index contributed by atoms with van der Waals surface area (Å²) in [7, 11) is 0. The molecule has 0 spiro atoms. The van der Waals surface area contributed by atoms with Crippen molar-refractivity contribution in [1.82, 2.24) is 9.78 Å². The quantitative estimate of drug-likeness (QED) is 0.944. The van der Waals surface area contributed by atoms with Crippen molar-refractivity contribution in [1.29, 1.82) is 0 Å². The maximum Gasteiger partial charge on any atom is 0.265 e. The number of halogens is 1. The number of anilines is 1. The summed E-state index contributed by atoms with van der Waals surface area (Å²) in [5, 5.41) is 7.04. The average molecular weight is 312 g/mol. The maximum absolute atomic E-state index is 12.0. The van der Waals surface area contributed by atoms with Gasteiger partial charge in [-0.2, -0.15) is 5.10 Å². The molecule has 0 aliphatic carbocycles. The van der Waals surface area contributed by atoms with Crippen LogP contribution in [0.15, 0.2) is 24.5 Å². The molecule has 1 saturated heterocycles. The molecule has 0 bridgehead atoms. The molecule has 1 unspecified atom stereocenters. The fourth-order valence-corrected chi connectivity index (χ4v) is 3.09. The van der Waals surface area contributed by atoms with Gasteiger partial charge < -0.3 is 10.1 Å². The Kier molecular flexibility index (Phi) is 4.05. The van der Waals surface area contributed by atoms with E-state index in [4.69, 9.17) is 16.3 Å². The third-order valence-electron chi connectivity index (χ3n) is 3.10. The molecule has 2 aromatic heterocycles. The predicted octanol–water partition coefficient (Wildman–Crippen LogP) is 3.03. The van der Waals surface area contributed by atoms with Crippen LogP contribution in [0.25, 0.3) is 0 Å². The smallest absolute Gasteiger partial charge is 0.265 e. The van der Waals surface area contributed by atoms with Crippen LogP contribution in [-0.4, -0.2) is 28.4 Å². The van der Waals surface area contributed by atoms with Crippen LogP contribution in [0.2, 0.25) is 4.34 Å². The van der Waals surface area contributed by atoms with Crippen LogP contribution in [0.4, 0.5) is 5.69 Å². The van der Waals surface area contributed by atoms with Gasteiger partial charge in [0.1, 0.15) is 0 Å². The summed E-state index contributed by atoms with van der Waals surface area (Å²) in [6.07, 6.45) is 5.86. The van der Waals surface area contributed by atoms with Gasteiger partial charge in [-0.05, 0) is 25.0 Å². The number of nitrogens with one attached hydrogen (secondary N) is 1. The van der Waals surface area contributed by atoms with E-state index in [-0.39, 0.29) is 12.0 Å². The molecule has 20 heavy (non-hydrogen) atoms. The van der Waals surface area contributed by atoms with Gasteiger partial charge >= 0.3 is 0 Å². The molecular weight excluding hydrogens is 298 g/mol. The zero-order valence-corrected chi connectivity index (χ0v) is 12.3. The number of hydrogen-bond acceptors (Lipinski definition) is 4. The van der Waals surface area contributed by atoms with Crippen LogP contribution in [0.5, 0.6) is 0 Å². The van der Waals surface area contributed by atoms with Gasteiger partial charge in [-0.3, -0.25) is 9.48 Å². The summed E-state index contributed by atoms with van der Waals surface area (Å²) >= 11 is 7.07. The fourth-order valence-electron chi connectivity index (χ4n) is 2.15. The molecule has 0 radical (unpaired) electrons. The van der Waals surface area contributed by atoms with Crippen LogP contribution in [-0.2, 0) is 11.3 Å². The average Bonchev–Trinajstić information content (AvgIpc) is 3.13. The van der Waals surface area contributed by atoms with Crippen LogP contribution >= 0.6 is 22.9 Å². The van der Waals surface area contributed by atoms with Crippen molar-refractivity contribution in [2.75, 3.05) is 11.9 Å². The number of aromatic nitrogens is 2. The van der Waals surface area contributed by atoms with E-state index in [1.165, 1.54) is 11.3 Å². The Hall–Kier alpha value is -1.37. The van der Waals surface area contributed by atoms with Gasteiger partial charge in [-0.15, -0.1) is 11.3 Å². The first-order chi connectivity index (χ1) is 9.70. The van der Waals surface area contributed by atoms with E-state index < -0.39 is 0 Å². The molecule has 3 rings (SSSR count). The lowest BCUT2D eigenvalue weighted by Gasteiger charge is -2.08. The highest BCUT2D eigenvalue weighted by atomic mass is 35.5. The zero-order chi connectivity index (χ0) is 13.9. The Labute approximate surface area is 125 Å². The molecule has 0 aromatic carbocycles. The molecule has 1 fully saturated rings. The summed E-state index contributed by atoms with van der Waals surface area (Å²) in [5.41, 5.74) is 0.678. The SMILES string of the molecule is O=C(Nc1cnn(CC2CCCO2)c1)c1ccc(Cl)s1. The summed E-state index contributed by atoms with van der Waals surface area (Å²) in [5.74, 6) is -0.168. The van der Waals surface area contributed by atoms with Gasteiger partial charge in [0, 0.05) is 12.8 Å². The van der Waals surface area contributed by atoms with Crippen molar-refractivity contribution < 1.29 is 9.53 Å². The molecule has 1 amide bonds. The number of ether oxygens (including phenoxy) is 1. The fraction of sp³-hybridized carbons (Fsp3) is 0.385. The van der Waals surface area contributed by atoms with Gasteiger partial charge in [0.25, 0.3) is 5.91 Å². The molecular formula is C13H14ClN3O2S. The number of hydrogen-bond donors (Lipinski definition) is 1. The molecule has 3 heterocycles. The minimum Gasteiger partial charge on any atom is -0.376 e. The van der Waals surface area contributed by atoms with Gasteiger partial charge in [0.15, 0.2) is 0 Å². The van der Waals surface area contributed by atoms with Crippen molar-refractivity contribution in [3.05, 3.63) is 33.7 Å². The molecule has 1 aliphatic rings. The predicted molar refractivity (Wildman–Crippen MR) is 78.5 cm³/mol. The second kappa shape index (κ2) is 5.95. The number of amides is 1. The van der Waals surface area contributed by atoms with Gasteiger partial charge in [0.2, 0.25) is 0 Å². The van der Waals surface area contributed by atoms with Crippen molar-refractivity contribution in [3.63, 3.8) is 0 Å². The Morgan fingerprint density at radius 2 is 2.50 bits per heavy atom. The van der Waals surface area contributed by atoms with Gasteiger partial charge in [-0.1, -0.05) is 11.6 Å². The van der Waals surface area contributed by atoms with Crippen molar-refractivity contribution in [2.24, 2.45) is 0 Å². The van der Waals surface area contributed by atoms with E-state index in [9.17, 15) is 4.79 Å². The highest BCUT2D eigenvalue weighted by molar-refractivity contribution is 7.18. The Morgan fingerprint density at radius 3 is 3.20 bits per heavy atom. The minimum atomic E-state index is -0.168. The first-order valence-corrected chi connectivity index (χ1v) is 7.61. The topological polar surface area (TPSA) is 56.2 Å². The first-order valence-electron chi connectivity index (χ1n) is 6.41. The second-order valence-electron chi connectivity index (χ2n) is 4.64. The molecule has 5 nitrogen and oxygen atoms in total. The number of carbonyl (C=O) groups is 1. The van der Waals surface area contributed by atoms with Gasteiger partial charge in [0.05, 0.1) is 33.7 Å². The minimum absolute atomic E-state index is 0.168. The Bertz CT molecular complexity index is 604. The molecule has 1 aliphatic heterocycles. The zero-order valence-electron chi connectivity index (χ0n) is 10.7. The Morgan fingerprint density at radius 1 is 1.60 bits per heavy atom. The van der Waals surface area contributed by atoms with Crippen molar-refractivity contribution in [3.8, 4) is 0 Å². The highest BCUT2D eigenvalue weighted by Crippen LogP contribution is 2.22. The molecule has 0 saturated carbocycles. The lowest BCUT2D eigenvalue weighted by molar-refractivity contribution is 0.0940. The van der Waals surface area contributed by atoms with E-state index >= 15 is 0 Å². The van der Waals surface area contributed by atoms with Gasteiger partial charge in [-0.25, -0.2) is 0 Å². The molecule has 2 aromatic rings. The largest absolute Gasteiger partial charge is 0.376 e. The third kappa shape index (κ3) is 3.20. The normalized spacial score (nSPS) is 18.4. The number of thiophene rings is 1. The first kappa shape index (κ1) is 13.6. The number of nitrogens with zero attached hydrogens (tertiary/aromatic N) is 2. The molecule has 106 valence electrons. The van der Waals surface area contributed by atoms with Crippen LogP contribution < -0.4 is 5.32 Å². The van der Waals surface area contributed by atoms with Crippen LogP contribution in [0.3, 0.4) is 0 Å². The van der Waals surface area contributed by atoms with Crippen molar-refractivity contribution in [2.45, 2.75) is 25.5 Å². The summed E-state index contributed by atoms with van der Waals surface area (Å²) in [6, 6.07) is 3.42. The van der Waals surface area contributed by atoms with Crippen molar-refractivity contribution >= 4 is 34.5 Å². The van der Waals surface area contributed by atoms with Crippen LogP contribution in [0.1, 0.15) is 22.5 Å². The monoisotopic (exact) mass is 311 g/mol. The molecule has 1 N–H and O–H groups in total. The van der Waals surface area contributed by atoms with E-state index in [2.05, 4.69) is 10.4 Å². The lowest BCUT2D eigenvalue weighted by Crippen LogP contribution is -2.15. The van der Waals surface area contributed by atoms with E-state index in [0.29, 0.717) is 14.9 Å².